The van der Waals surface area contributed by atoms with Crippen molar-refractivity contribution in [3.05, 3.63) is 23.1 Å². The van der Waals surface area contributed by atoms with Crippen LogP contribution in [0.2, 0.25) is 0 Å². The number of H-pyrrole nitrogens is 1. The number of nitrogens with one attached hydrogen (secondary N) is 1. The van der Waals surface area contributed by atoms with E-state index in [2.05, 4.69) is 9.97 Å². The van der Waals surface area contributed by atoms with Crippen molar-refractivity contribution in [2.45, 2.75) is 13.5 Å². The molecular weight excluding hydrogens is 236 g/mol. The van der Waals surface area contributed by atoms with Crippen molar-refractivity contribution in [3.8, 4) is 0 Å². The Balaban J connectivity index is 2.39. The Bertz CT molecular complexity index is 601. The van der Waals surface area contributed by atoms with Gasteiger partial charge in [0, 0.05) is 19.8 Å². The summed E-state index contributed by atoms with van der Waals surface area (Å²) >= 11 is 5.19. The van der Waals surface area contributed by atoms with Crippen LogP contribution in [0.1, 0.15) is 6.92 Å². The molecule has 0 saturated heterocycles. The van der Waals surface area contributed by atoms with E-state index in [4.69, 9.17) is 12.2 Å². The highest BCUT2D eigenvalue weighted by Crippen LogP contribution is 2.10. The number of fused-ring (bicyclic) bond motifs is 1. The van der Waals surface area contributed by atoms with Gasteiger partial charge in [0.15, 0.2) is 10.4 Å². The first-order chi connectivity index (χ1) is 8.13. The minimum atomic E-state index is 0.0233. The van der Waals surface area contributed by atoms with E-state index in [1.807, 2.05) is 19.1 Å². The van der Waals surface area contributed by atoms with Crippen molar-refractivity contribution < 1.29 is 4.79 Å². The van der Waals surface area contributed by atoms with E-state index in [9.17, 15) is 4.79 Å². The zero-order valence-electron chi connectivity index (χ0n) is 9.80. The molecule has 0 aliphatic rings. The van der Waals surface area contributed by atoms with Gasteiger partial charge in [0.25, 0.3) is 0 Å². The minimum absolute atomic E-state index is 0.0233. The summed E-state index contributed by atoms with van der Waals surface area (Å²) in [5.74, 6) is 0.0233. The molecule has 90 valence electrons. The molecule has 2 aromatic rings. The molecule has 0 atom stereocenters. The zero-order valence-corrected chi connectivity index (χ0v) is 10.6. The molecule has 2 rings (SSSR count). The molecule has 1 amide bonds. The molecule has 5 nitrogen and oxygen atoms in total. The standard InChI is InChI=1S/C11H14N4OS/c1-3-14(2)9(16)7-15-10-8(13-11(15)17)5-4-6-12-10/h4-6H,3,7H2,1-2H3,(H,13,17). The molecule has 2 aromatic heterocycles. The molecule has 0 aromatic carbocycles. The molecule has 0 unspecified atom stereocenters. The van der Waals surface area contributed by atoms with E-state index < -0.39 is 0 Å². The van der Waals surface area contributed by atoms with Crippen LogP contribution in [0.5, 0.6) is 0 Å². The number of nitrogens with zero attached hydrogens (tertiary/aromatic N) is 3. The third kappa shape index (κ3) is 2.21. The Morgan fingerprint density at radius 3 is 3.12 bits per heavy atom. The average molecular weight is 250 g/mol. The lowest BCUT2D eigenvalue weighted by Crippen LogP contribution is -2.29. The molecule has 0 radical (unpaired) electrons. The van der Waals surface area contributed by atoms with Gasteiger partial charge in [0.1, 0.15) is 6.54 Å². The van der Waals surface area contributed by atoms with Crippen LogP contribution in [0.15, 0.2) is 18.3 Å². The lowest BCUT2D eigenvalue weighted by molar-refractivity contribution is -0.130. The summed E-state index contributed by atoms with van der Waals surface area (Å²) in [6.07, 6.45) is 1.69. The second-order valence-corrected chi connectivity index (χ2v) is 4.19. The number of aromatic amines is 1. The Hall–Kier alpha value is -1.69. The smallest absolute Gasteiger partial charge is 0.242 e. The number of amides is 1. The summed E-state index contributed by atoms with van der Waals surface area (Å²) in [7, 11) is 1.77. The average Bonchev–Trinajstić information content (AvgIpc) is 2.65. The zero-order chi connectivity index (χ0) is 12.4. The number of carbonyl (C=O) groups excluding carboxylic acids is 1. The molecular formula is C11H14N4OS. The maximum absolute atomic E-state index is 11.9. The number of imidazole rings is 1. The van der Waals surface area contributed by atoms with E-state index >= 15 is 0 Å². The van der Waals surface area contributed by atoms with Crippen molar-refractivity contribution in [2.24, 2.45) is 0 Å². The number of likely N-dealkylation sites (N-methyl/N-ethyl adjacent to an activating group) is 1. The van der Waals surface area contributed by atoms with Gasteiger partial charge in [-0.2, -0.15) is 0 Å². The van der Waals surface area contributed by atoms with Crippen molar-refractivity contribution >= 4 is 29.3 Å². The van der Waals surface area contributed by atoms with E-state index in [1.165, 1.54) is 0 Å². The second-order valence-electron chi connectivity index (χ2n) is 3.80. The maximum Gasteiger partial charge on any atom is 0.242 e. The molecule has 0 aliphatic carbocycles. The first kappa shape index (κ1) is 11.8. The number of hydrogen-bond donors (Lipinski definition) is 1. The van der Waals surface area contributed by atoms with E-state index in [0.29, 0.717) is 11.3 Å². The van der Waals surface area contributed by atoms with Crippen LogP contribution in [-0.2, 0) is 11.3 Å². The highest BCUT2D eigenvalue weighted by molar-refractivity contribution is 7.71. The van der Waals surface area contributed by atoms with Gasteiger partial charge in [0.2, 0.25) is 5.91 Å². The van der Waals surface area contributed by atoms with Crippen molar-refractivity contribution in [3.63, 3.8) is 0 Å². The van der Waals surface area contributed by atoms with Crippen LogP contribution in [0.4, 0.5) is 0 Å². The van der Waals surface area contributed by atoms with Crippen LogP contribution in [0.25, 0.3) is 11.2 Å². The Morgan fingerprint density at radius 2 is 2.41 bits per heavy atom. The molecule has 0 spiro atoms. The van der Waals surface area contributed by atoms with E-state index in [0.717, 1.165) is 11.2 Å². The lowest BCUT2D eigenvalue weighted by Gasteiger charge is -2.14. The summed E-state index contributed by atoms with van der Waals surface area (Å²) in [6, 6.07) is 3.72. The van der Waals surface area contributed by atoms with Crippen molar-refractivity contribution in [1.29, 1.82) is 0 Å². The van der Waals surface area contributed by atoms with Crippen molar-refractivity contribution in [1.82, 2.24) is 19.4 Å². The summed E-state index contributed by atoms with van der Waals surface area (Å²) in [5.41, 5.74) is 1.57. The molecule has 0 aliphatic heterocycles. The first-order valence-electron chi connectivity index (χ1n) is 5.41. The number of pyridine rings is 1. The Morgan fingerprint density at radius 1 is 1.65 bits per heavy atom. The van der Waals surface area contributed by atoms with Crippen molar-refractivity contribution in [2.75, 3.05) is 13.6 Å². The second kappa shape index (κ2) is 4.67. The largest absolute Gasteiger partial charge is 0.344 e. The third-order valence-electron chi connectivity index (χ3n) is 2.72. The minimum Gasteiger partial charge on any atom is -0.344 e. The van der Waals surface area contributed by atoms with Crippen LogP contribution in [-0.4, -0.2) is 38.9 Å². The van der Waals surface area contributed by atoms with Crippen LogP contribution >= 0.6 is 12.2 Å². The van der Waals surface area contributed by atoms with Gasteiger partial charge in [-0.1, -0.05) is 0 Å². The van der Waals surface area contributed by atoms with Crippen LogP contribution in [0.3, 0.4) is 0 Å². The third-order valence-corrected chi connectivity index (χ3v) is 3.05. The first-order valence-corrected chi connectivity index (χ1v) is 5.81. The van der Waals surface area contributed by atoms with Gasteiger partial charge in [-0.15, -0.1) is 0 Å². The SMILES string of the molecule is CCN(C)C(=O)Cn1c(=S)[nH]c2cccnc21. The van der Waals surface area contributed by atoms with E-state index in [1.54, 1.807) is 22.7 Å². The molecule has 17 heavy (non-hydrogen) atoms. The summed E-state index contributed by atoms with van der Waals surface area (Å²) < 4.78 is 2.25. The molecule has 2 heterocycles. The highest BCUT2D eigenvalue weighted by atomic mass is 32.1. The summed E-state index contributed by atoms with van der Waals surface area (Å²) in [6.45, 7) is 2.84. The monoisotopic (exact) mass is 250 g/mol. The van der Waals surface area contributed by atoms with E-state index in [-0.39, 0.29) is 12.5 Å². The molecule has 0 bridgehead atoms. The van der Waals surface area contributed by atoms with Gasteiger partial charge in [-0.25, -0.2) is 4.98 Å². The normalized spacial score (nSPS) is 10.7. The number of aromatic nitrogens is 3. The highest BCUT2D eigenvalue weighted by Gasteiger charge is 2.11. The van der Waals surface area contributed by atoms with Crippen LogP contribution in [0, 0.1) is 4.77 Å². The molecule has 6 heteroatoms. The maximum atomic E-state index is 11.9. The fraction of sp³-hybridized carbons (Fsp3) is 0.364. The lowest BCUT2D eigenvalue weighted by atomic mass is 10.4. The predicted octanol–water partition coefficient (Wildman–Crippen LogP) is 1.57. The number of carbonyl (C=O) groups is 1. The van der Waals surface area contributed by atoms with Gasteiger partial charge in [-0.3, -0.25) is 9.36 Å². The Kier molecular flexibility index (Phi) is 3.23. The van der Waals surface area contributed by atoms with Gasteiger partial charge in [-0.05, 0) is 31.3 Å². The predicted molar refractivity (Wildman–Crippen MR) is 68.2 cm³/mol. The number of hydrogen-bond acceptors (Lipinski definition) is 3. The number of rotatable bonds is 3. The quantitative estimate of drug-likeness (QED) is 0.841. The fourth-order valence-corrected chi connectivity index (χ4v) is 1.83. The molecule has 0 fully saturated rings. The van der Waals surface area contributed by atoms with Crippen LogP contribution < -0.4 is 0 Å². The summed E-state index contributed by atoms with van der Waals surface area (Å²) in [5, 5.41) is 0. The summed E-state index contributed by atoms with van der Waals surface area (Å²) in [4.78, 5) is 20.8. The topological polar surface area (TPSA) is 53.9 Å². The van der Waals surface area contributed by atoms with Gasteiger partial charge < -0.3 is 9.88 Å². The molecule has 0 saturated carbocycles. The Labute approximate surface area is 104 Å². The van der Waals surface area contributed by atoms with Gasteiger partial charge >= 0.3 is 0 Å². The van der Waals surface area contributed by atoms with Gasteiger partial charge in [0.05, 0.1) is 5.52 Å². The fourth-order valence-electron chi connectivity index (χ4n) is 1.57. The molecule has 1 N–H and O–H groups in total.